The van der Waals surface area contributed by atoms with Gasteiger partial charge in [-0.05, 0) is 121 Å². The van der Waals surface area contributed by atoms with Gasteiger partial charge in [0.15, 0.2) is 0 Å². The van der Waals surface area contributed by atoms with E-state index in [4.69, 9.17) is 0 Å². The van der Waals surface area contributed by atoms with Gasteiger partial charge in [0.2, 0.25) is 0 Å². The van der Waals surface area contributed by atoms with Gasteiger partial charge in [-0.1, -0.05) is 54.4 Å². The summed E-state index contributed by atoms with van der Waals surface area (Å²) in [5.74, 6) is 6.08. The third-order valence-corrected chi connectivity index (χ3v) is 12.9. The average Bonchev–Trinajstić information content (AvgIpc) is 3.10. The molecule has 0 heteroatoms. The van der Waals surface area contributed by atoms with Crippen LogP contribution < -0.4 is 0 Å². The number of fused-ring (bicyclic) bond motifs is 7. The van der Waals surface area contributed by atoms with E-state index in [0.717, 1.165) is 40.9 Å². The van der Waals surface area contributed by atoms with Crippen LogP contribution in [0.4, 0.5) is 0 Å². The van der Waals surface area contributed by atoms with Gasteiger partial charge in [0.05, 0.1) is 0 Å². The molecular weight excluding hydrogens is 336 g/mol. The first-order chi connectivity index (χ1) is 13.2. The van der Waals surface area contributed by atoms with Crippen LogP contribution in [0.5, 0.6) is 0 Å². The van der Waals surface area contributed by atoms with Crippen molar-refractivity contribution >= 4 is 0 Å². The topological polar surface area (TPSA) is 0 Å². The summed E-state index contributed by atoms with van der Waals surface area (Å²) in [6, 6.07) is 0. The predicted molar refractivity (Wildman–Crippen MR) is 120 cm³/mol. The number of hydrogen-bond donors (Lipinski definition) is 0. The summed E-state index contributed by atoms with van der Waals surface area (Å²) < 4.78 is 0. The minimum atomic E-state index is 0.542. The molecule has 160 valence electrons. The minimum Gasteiger partial charge on any atom is -0.0648 e. The fraction of sp³-hybridized carbons (Fsp3) is 1.00. The highest BCUT2D eigenvalue weighted by atomic mass is 14.7. The normalized spacial score (nSPS) is 57.6. The van der Waals surface area contributed by atoms with Gasteiger partial charge in [0, 0.05) is 0 Å². The van der Waals surface area contributed by atoms with Crippen molar-refractivity contribution in [3.63, 3.8) is 0 Å². The van der Waals surface area contributed by atoms with Crippen molar-refractivity contribution in [2.24, 2.45) is 57.2 Å². The molecule has 0 aromatic rings. The van der Waals surface area contributed by atoms with Gasteiger partial charge < -0.3 is 0 Å². The first-order valence-corrected chi connectivity index (χ1v) is 13.2. The van der Waals surface area contributed by atoms with E-state index < -0.39 is 0 Å². The smallest absolute Gasteiger partial charge is 0.0259 e. The summed E-state index contributed by atoms with van der Waals surface area (Å²) >= 11 is 0. The van der Waals surface area contributed by atoms with Crippen LogP contribution in [0.3, 0.4) is 0 Å². The maximum absolute atomic E-state index is 2.80. The van der Waals surface area contributed by atoms with Crippen molar-refractivity contribution in [1.29, 1.82) is 0 Å². The highest BCUT2D eigenvalue weighted by Crippen LogP contribution is 2.73. The lowest BCUT2D eigenvalue weighted by molar-refractivity contribution is -0.204. The molecule has 0 spiro atoms. The van der Waals surface area contributed by atoms with Crippen molar-refractivity contribution in [3.05, 3.63) is 0 Å². The van der Waals surface area contributed by atoms with Gasteiger partial charge in [-0.15, -0.1) is 0 Å². The monoisotopic (exact) mass is 384 g/mol. The second-order valence-corrected chi connectivity index (χ2v) is 13.5. The fourth-order valence-electron chi connectivity index (χ4n) is 11.1. The molecule has 0 aromatic heterocycles. The van der Waals surface area contributed by atoms with Gasteiger partial charge in [-0.3, -0.25) is 0 Å². The molecule has 5 saturated carbocycles. The summed E-state index contributed by atoms with van der Waals surface area (Å²) in [6.07, 6.45) is 18.5. The molecule has 9 unspecified atom stereocenters. The maximum atomic E-state index is 2.80. The van der Waals surface area contributed by atoms with E-state index in [9.17, 15) is 0 Å². The van der Waals surface area contributed by atoms with E-state index in [2.05, 4.69) is 41.5 Å². The zero-order valence-corrected chi connectivity index (χ0v) is 19.9. The van der Waals surface area contributed by atoms with Crippen molar-refractivity contribution < 1.29 is 0 Å². The standard InChI is InChI=1S/C28H48/c1-7-28-15-8-9-22(28)20-10-11-24-26(5,21(20)13-18-28)17-14-23-25(3,4)19(2)12-16-27(23,24)6/h19-24H,7-18H2,1-6H3. The van der Waals surface area contributed by atoms with Crippen LogP contribution in [0.25, 0.3) is 0 Å². The Kier molecular flexibility index (Phi) is 4.46. The van der Waals surface area contributed by atoms with Gasteiger partial charge in [0.25, 0.3) is 0 Å². The van der Waals surface area contributed by atoms with E-state index in [1.807, 2.05) is 0 Å². The molecule has 5 aliphatic carbocycles. The van der Waals surface area contributed by atoms with Crippen molar-refractivity contribution in [3.8, 4) is 0 Å². The molecule has 0 aliphatic heterocycles. The third kappa shape index (κ3) is 2.36. The number of rotatable bonds is 1. The van der Waals surface area contributed by atoms with E-state index in [1.165, 1.54) is 32.1 Å². The fourth-order valence-corrected chi connectivity index (χ4v) is 11.1. The Labute approximate surface area is 176 Å². The van der Waals surface area contributed by atoms with Crippen LogP contribution in [-0.4, -0.2) is 0 Å². The molecule has 5 fully saturated rings. The SMILES string of the molecule is CCC12CCCC1C1CCC3C(C)(CCC4C(C)(C)C(C)CCC43C)C1CC2. The molecule has 9 atom stereocenters. The molecule has 0 aromatic carbocycles. The van der Waals surface area contributed by atoms with Crippen LogP contribution in [-0.2, 0) is 0 Å². The summed E-state index contributed by atoms with van der Waals surface area (Å²) in [7, 11) is 0. The Bertz CT molecular complexity index is 618. The Hall–Kier alpha value is 0. The van der Waals surface area contributed by atoms with E-state index in [0.29, 0.717) is 16.2 Å². The average molecular weight is 385 g/mol. The number of hydrogen-bond acceptors (Lipinski definition) is 0. The van der Waals surface area contributed by atoms with Crippen LogP contribution >= 0.6 is 0 Å². The molecule has 0 nitrogen and oxygen atoms in total. The van der Waals surface area contributed by atoms with Gasteiger partial charge >= 0.3 is 0 Å². The predicted octanol–water partition coefficient (Wildman–Crippen LogP) is 8.50. The molecule has 0 heterocycles. The molecule has 5 rings (SSSR count). The van der Waals surface area contributed by atoms with Crippen LogP contribution in [0.1, 0.15) is 119 Å². The van der Waals surface area contributed by atoms with Crippen LogP contribution in [0.15, 0.2) is 0 Å². The molecule has 0 bridgehead atoms. The van der Waals surface area contributed by atoms with Crippen molar-refractivity contribution in [2.45, 2.75) is 119 Å². The highest BCUT2D eigenvalue weighted by molar-refractivity contribution is 5.14. The quantitative estimate of drug-likeness (QED) is 0.425. The van der Waals surface area contributed by atoms with Crippen LogP contribution in [0.2, 0.25) is 0 Å². The molecule has 0 radical (unpaired) electrons. The highest BCUT2D eigenvalue weighted by Gasteiger charge is 2.65. The lowest BCUT2D eigenvalue weighted by Gasteiger charge is -2.69. The lowest BCUT2D eigenvalue weighted by atomic mass is 9.35. The summed E-state index contributed by atoms with van der Waals surface area (Å²) in [5.41, 5.74) is 2.56. The van der Waals surface area contributed by atoms with E-state index in [1.54, 1.807) is 44.9 Å². The maximum Gasteiger partial charge on any atom is -0.0259 e. The molecule has 0 saturated heterocycles. The molecule has 0 amide bonds. The first-order valence-electron chi connectivity index (χ1n) is 13.2. The Balaban J connectivity index is 1.48. The van der Waals surface area contributed by atoms with Gasteiger partial charge in [-0.25, -0.2) is 0 Å². The molecule has 0 N–H and O–H groups in total. The first kappa shape index (κ1) is 19.9. The summed E-state index contributed by atoms with van der Waals surface area (Å²) in [5, 5.41) is 0. The Morgan fingerprint density at radius 2 is 1.43 bits per heavy atom. The van der Waals surface area contributed by atoms with Gasteiger partial charge in [0.1, 0.15) is 0 Å². The Morgan fingerprint density at radius 1 is 0.679 bits per heavy atom. The zero-order valence-electron chi connectivity index (χ0n) is 19.9. The van der Waals surface area contributed by atoms with Crippen LogP contribution in [0, 0.1) is 57.2 Å². The van der Waals surface area contributed by atoms with E-state index >= 15 is 0 Å². The largest absolute Gasteiger partial charge is 0.0648 e. The van der Waals surface area contributed by atoms with Crippen molar-refractivity contribution in [1.82, 2.24) is 0 Å². The Morgan fingerprint density at radius 3 is 2.18 bits per heavy atom. The summed E-state index contributed by atoms with van der Waals surface area (Å²) in [4.78, 5) is 0. The second-order valence-electron chi connectivity index (χ2n) is 13.5. The minimum absolute atomic E-state index is 0.542. The third-order valence-electron chi connectivity index (χ3n) is 12.9. The van der Waals surface area contributed by atoms with Crippen molar-refractivity contribution in [2.75, 3.05) is 0 Å². The molecule has 5 aliphatic rings. The lowest BCUT2D eigenvalue weighted by Crippen LogP contribution is -2.62. The zero-order chi connectivity index (χ0) is 19.9. The second kappa shape index (κ2) is 6.26. The van der Waals surface area contributed by atoms with E-state index in [-0.39, 0.29) is 0 Å². The molecular formula is C28H48. The summed E-state index contributed by atoms with van der Waals surface area (Å²) in [6.45, 7) is 15.9. The molecule has 28 heavy (non-hydrogen) atoms. The van der Waals surface area contributed by atoms with Gasteiger partial charge in [-0.2, -0.15) is 0 Å².